The highest BCUT2D eigenvalue weighted by Crippen LogP contribution is 2.26. The van der Waals surface area contributed by atoms with Gasteiger partial charge in [-0.1, -0.05) is 95.4 Å². The van der Waals surface area contributed by atoms with E-state index < -0.39 is 0 Å². The Morgan fingerprint density at radius 2 is 1.62 bits per heavy atom. The van der Waals surface area contributed by atoms with Crippen LogP contribution in [0.5, 0.6) is 0 Å². The maximum atomic E-state index is 9.40. The van der Waals surface area contributed by atoms with Crippen molar-refractivity contribution in [1.29, 1.82) is 0 Å². The van der Waals surface area contributed by atoms with Crippen molar-refractivity contribution < 1.29 is 9.84 Å². The second kappa shape index (κ2) is 8.97. The van der Waals surface area contributed by atoms with Crippen LogP contribution in [0.3, 0.4) is 0 Å². The van der Waals surface area contributed by atoms with Crippen molar-refractivity contribution in [2.45, 2.75) is 10.0 Å². The molecular formula is C18H19IO2. The molecule has 1 N–H and O–H groups in total. The molecular weight excluding hydrogens is 375 g/mol. The highest BCUT2D eigenvalue weighted by Gasteiger charge is 2.20. The molecule has 0 aliphatic carbocycles. The third kappa shape index (κ3) is 5.26. The molecule has 2 aromatic rings. The van der Waals surface area contributed by atoms with Crippen LogP contribution in [0.1, 0.15) is 17.2 Å². The minimum atomic E-state index is -0.0998. The molecule has 0 aromatic heterocycles. The van der Waals surface area contributed by atoms with Crippen LogP contribution in [-0.4, -0.2) is 22.2 Å². The van der Waals surface area contributed by atoms with E-state index in [1.54, 1.807) is 0 Å². The molecule has 0 bridgehead atoms. The van der Waals surface area contributed by atoms with Gasteiger partial charge in [0.2, 0.25) is 0 Å². The number of aliphatic hydroxyl groups is 1. The molecule has 2 rings (SSSR count). The molecule has 0 radical (unpaired) electrons. The number of halogens is 1. The molecule has 3 heteroatoms. The first-order valence-electron chi connectivity index (χ1n) is 6.94. The fraction of sp³-hybridized carbons (Fsp3) is 0.222. The quantitative estimate of drug-likeness (QED) is 0.562. The monoisotopic (exact) mass is 394 g/mol. The Balaban J connectivity index is 1.95. The highest BCUT2D eigenvalue weighted by atomic mass is 127. The van der Waals surface area contributed by atoms with E-state index in [1.807, 2.05) is 60.7 Å². The maximum absolute atomic E-state index is 9.40. The van der Waals surface area contributed by atoms with Crippen LogP contribution in [-0.2, 0) is 4.74 Å². The van der Waals surface area contributed by atoms with Gasteiger partial charge >= 0.3 is 0 Å². The second-order valence-corrected chi connectivity index (χ2v) is 6.28. The Bertz CT molecular complexity index is 540. The van der Waals surface area contributed by atoms with Gasteiger partial charge in [-0.25, -0.2) is 0 Å². The largest absolute Gasteiger partial charge is 0.395 e. The van der Waals surface area contributed by atoms with Gasteiger partial charge in [-0.05, 0) is 11.1 Å². The van der Waals surface area contributed by atoms with E-state index in [4.69, 9.17) is 4.74 Å². The lowest BCUT2D eigenvalue weighted by molar-refractivity contribution is 0.0628. The Morgan fingerprint density at radius 1 is 1.00 bits per heavy atom. The summed E-state index contributed by atoms with van der Waals surface area (Å²) in [4.78, 5) is 0. The summed E-state index contributed by atoms with van der Waals surface area (Å²) in [5, 5.41) is 9.40. The normalized spacial score (nSPS) is 14.2. The van der Waals surface area contributed by atoms with Gasteiger partial charge in [-0.2, -0.15) is 0 Å². The van der Waals surface area contributed by atoms with Gasteiger partial charge < -0.3 is 9.84 Å². The van der Waals surface area contributed by atoms with Crippen molar-refractivity contribution in [1.82, 2.24) is 0 Å². The minimum Gasteiger partial charge on any atom is -0.395 e. The van der Waals surface area contributed by atoms with E-state index in [0.29, 0.717) is 6.61 Å². The highest BCUT2D eigenvalue weighted by molar-refractivity contribution is 14.1. The molecule has 0 aliphatic rings. The fourth-order valence-electron chi connectivity index (χ4n) is 2.06. The Labute approximate surface area is 139 Å². The zero-order chi connectivity index (χ0) is 14.9. The summed E-state index contributed by atoms with van der Waals surface area (Å²) in [6.07, 6.45) is 3.95. The van der Waals surface area contributed by atoms with Gasteiger partial charge in [0.1, 0.15) is 0 Å². The molecule has 0 amide bonds. The van der Waals surface area contributed by atoms with Crippen molar-refractivity contribution in [2.24, 2.45) is 0 Å². The molecule has 21 heavy (non-hydrogen) atoms. The molecule has 2 nitrogen and oxygen atoms in total. The lowest BCUT2D eigenvalue weighted by Crippen LogP contribution is -2.19. The summed E-state index contributed by atoms with van der Waals surface area (Å²) in [5.74, 6) is 0. The van der Waals surface area contributed by atoms with Crippen molar-refractivity contribution in [3.63, 3.8) is 0 Å². The van der Waals surface area contributed by atoms with Crippen LogP contribution in [0.15, 0.2) is 66.7 Å². The number of hydrogen-bond acceptors (Lipinski definition) is 2. The third-order valence-corrected chi connectivity index (χ3v) is 4.16. The first kappa shape index (κ1) is 16.2. The summed E-state index contributed by atoms with van der Waals surface area (Å²) in [5.41, 5.74) is 2.25. The number of alkyl halides is 1. The van der Waals surface area contributed by atoms with E-state index >= 15 is 0 Å². The van der Waals surface area contributed by atoms with E-state index in [0.717, 1.165) is 11.1 Å². The summed E-state index contributed by atoms with van der Waals surface area (Å²) in [6, 6.07) is 20.2. The van der Waals surface area contributed by atoms with Crippen LogP contribution in [0.4, 0.5) is 0 Å². The lowest BCUT2D eigenvalue weighted by atomic mass is 10.1. The Morgan fingerprint density at radius 3 is 2.24 bits per heavy atom. The number of rotatable bonds is 7. The Hall–Kier alpha value is -1.17. The van der Waals surface area contributed by atoms with E-state index in [1.165, 1.54) is 0 Å². The van der Waals surface area contributed by atoms with Gasteiger partial charge in [-0.15, -0.1) is 0 Å². The van der Waals surface area contributed by atoms with E-state index in [9.17, 15) is 5.11 Å². The summed E-state index contributed by atoms with van der Waals surface area (Å²) in [7, 11) is 0. The average molecular weight is 394 g/mol. The molecule has 2 aromatic carbocycles. The van der Waals surface area contributed by atoms with E-state index in [2.05, 4.69) is 34.7 Å². The van der Waals surface area contributed by atoms with Gasteiger partial charge in [0.05, 0.1) is 23.2 Å². The molecule has 2 unspecified atom stereocenters. The third-order valence-electron chi connectivity index (χ3n) is 3.11. The number of benzene rings is 2. The predicted octanol–water partition coefficient (Wildman–Crippen LogP) is 4.25. The topological polar surface area (TPSA) is 29.5 Å². The predicted molar refractivity (Wildman–Crippen MR) is 95.5 cm³/mol. The number of hydrogen-bond donors (Lipinski definition) is 1. The van der Waals surface area contributed by atoms with Crippen LogP contribution >= 0.6 is 22.6 Å². The van der Waals surface area contributed by atoms with Crippen LogP contribution in [0.2, 0.25) is 0 Å². The van der Waals surface area contributed by atoms with Gasteiger partial charge in [-0.3, -0.25) is 0 Å². The summed E-state index contributed by atoms with van der Waals surface area (Å²) < 4.78 is 5.99. The molecule has 0 fully saturated rings. The molecule has 0 spiro atoms. The SMILES string of the molecule is OCC(I)C(OC/C=C/c1ccccc1)c1ccccc1. The molecule has 110 valence electrons. The number of aliphatic hydroxyl groups excluding tert-OH is 1. The van der Waals surface area contributed by atoms with Gasteiger partial charge in [0, 0.05) is 0 Å². The van der Waals surface area contributed by atoms with E-state index in [-0.39, 0.29) is 16.6 Å². The fourth-order valence-corrected chi connectivity index (χ4v) is 2.68. The van der Waals surface area contributed by atoms with Gasteiger partial charge in [0.15, 0.2) is 0 Å². The first-order valence-corrected chi connectivity index (χ1v) is 8.19. The standard InChI is InChI=1S/C18H19IO2/c19-17(14-20)18(16-11-5-2-6-12-16)21-13-7-10-15-8-3-1-4-9-15/h1-12,17-18,20H,13-14H2/b10-7+. The summed E-state index contributed by atoms with van der Waals surface area (Å²) in [6.45, 7) is 0.622. The van der Waals surface area contributed by atoms with Crippen molar-refractivity contribution >= 4 is 28.7 Å². The lowest BCUT2D eigenvalue weighted by Gasteiger charge is -2.21. The Kier molecular flexibility index (Phi) is 6.92. The van der Waals surface area contributed by atoms with Crippen molar-refractivity contribution in [3.8, 4) is 0 Å². The number of ether oxygens (including phenoxy) is 1. The maximum Gasteiger partial charge on any atom is 0.0968 e. The smallest absolute Gasteiger partial charge is 0.0968 e. The van der Waals surface area contributed by atoms with Crippen LogP contribution in [0.25, 0.3) is 6.08 Å². The minimum absolute atomic E-state index is 0.0372. The first-order chi connectivity index (χ1) is 10.3. The van der Waals surface area contributed by atoms with Crippen LogP contribution in [0, 0.1) is 0 Å². The van der Waals surface area contributed by atoms with Gasteiger partial charge in [0.25, 0.3) is 0 Å². The molecule has 0 saturated heterocycles. The zero-order valence-corrected chi connectivity index (χ0v) is 13.9. The summed E-state index contributed by atoms with van der Waals surface area (Å²) >= 11 is 2.24. The average Bonchev–Trinajstić information content (AvgIpc) is 2.56. The van der Waals surface area contributed by atoms with Crippen LogP contribution < -0.4 is 0 Å². The molecule has 0 heterocycles. The molecule has 2 atom stereocenters. The van der Waals surface area contributed by atoms with Crippen molar-refractivity contribution in [3.05, 3.63) is 77.9 Å². The second-order valence-electron chi connectivity index (χ2n) is 4.68. The molecule has 0 saturated carbocycles. The molecule has 0 aliphatic heterocycles. The zero-order valence-electron chi connectivity index (χ0n) is 11.7. The van der Waals surface area contributed by atoms with Crippen molar-refractivity contribution in [2.75, 3.05) is 13.2 Å².